The molecule has 0 unspecified atom stereocenters. The lowest BCUT2D eigenvalue weighted by molar-refractivity contribution is 1.16. The van der Waals surface area contributed by atoms with Crippen LogP contribution in [0, 0.1) is 34.0 Å². The van der Waals surface area contributed by atoms with E-state index in [2.05, 4.69) is 99.3 Å². The van der Waals surface area contributed by atoms with E-state index in [0.717, 1.165) is 78.4 Å². The Morgan fingerprint density at radius 1 is 0.362 bits per heavy atom. The molecule has 11 rings (SSSR count). The molecule has 2 aromatic heterocycles. The quantitative estimate of drug-likeness (QED) is 0.135. The number of anilines is 6. The van der Waals surface area contributed by atoms with Gasteiger partial charge in [-0.15, -0.1) is 0 Å². The molecule has 0 N–H and O–H groups in total. The van der Waals surface area contributed by atoms with Gasteiger partial charge in [-0.2, -0.15) is 15.8 Å². The van der Waals surface area contributed by atoms with Crippen molar-refractivity contribution in [3.63, 3.8) is 0 Å². The summed E-state index contributed by atoms with van der Waals surface area (Å²) >= 11 is 0. The Balaban J connectivity index is 1.12. The van der Waals surface area contributed by atoms with Crippen LogP contribution in [0.4, 0.5) is 34.1 Å². The number of benzene rings is 9. The fraction of sp³-hybridized carbons (Fsp3) is 0. The Kier molecular flexibility index (Phi) is 10.9. The lowest BCUT2D eigenvalue weighted by Gasteiger charge is -2.26. The molecule has 11 aromatic rings. The second-order valence-electron chi connectivity index (χ2n) is 16.4. The number of hydrogen-bond acceptors (Lipinski definition) is 7. The summed E-state index contributed by atoms with van der Waals surface area (Å²) in [7, 11) is 0. The second kappa shape index (κ2) is 18.1. The first-order valence-electron chi connectivity index (χ1n) is 22.4. The van der Waals surface area contributed by atoms with Gasteiger partial charge in [-0.25, -0.2) is 9.97 Å². The van der Waals surface area contributed by atoms with E-state index in [1.54, 1.807) is 0 Å². The van der Waals surface area contributed by atoms with Gasteiger partial charge in [0.05, 0.1) is 57.3 Å². The van der Waals surface area contributed by atoms with Gasteiger partial charge in [-0.3, -0.25) is 0 Å². The third-order valence-corrected chi connectivity index (χ3v) is 12.3. The first kappa shape index (κ1) is 41.6. The zero-order valence-corrected chi connectivity index (χ0v) is 37.0. The minimum atomic E-state index is 0.472. The summed E-state index contributed by atoms with van der Waals surface area (Å²) in [6, 6.07) is 83.5. The van der Waals surface area contributed by atoms with Gasteiger partial charge < -0.3 is 14.4 Å². The third kappa shape index (κ3) is 7.96. The van der Waals surface area contributed by atoms with E-state index in [1.165, 1.54) is 0 Å². The molecule has 9 aromatic carbocycles. The van der Waals surface area contributed by atoms with E-state index in [4.69, 9.17) is 9.97 Å². The number of nitrogens with zero attached hydrogens (tertiary/aromatic N) is 8. The number of nitriles is 3. The largest absolute Gasteiger partial charge is 0.310 e. The van der Waals surface area contributed by atoms with Crippen molar-refractivity contribution in [2.24, 2.45) is 0 Å². The monoisotopic (exact) mass is 882 g/mol. The average molecular weight is 883 g/mol. The van der Waals surface area contributed by atoms with Crippen LogP contribution in [0.1, 0.15) is 16.7 Å². The van der Waals surface area contributed by atoms with Crippen LogP contribution in [-0.2, 0) is 0 Å². The van der Waals surface area contributed by atoms with Gasteiger partial charge in [0.2, 0.25) is 0 Å². The molecule has 0 fully saturated rings. The molecular formula is C61H38N8. The average Bonchev–Trinajstić information content (AvgIpc) is 3.75. The van der Waals surface area contributed by atoms with E-state index in [-0.39, 0.29) is 0 Å². The number of hydrogen-bond donors (Lipinski definition) is 0. The third-order valence-electron chi connectivity index (χ3n) is 12.3. The van der Waals surface area contributed by atoms with E-state index >= 15 is 0 Å². The molecule has 0 bridgehead atoms. The van der Waals surface area contributed by atoms with Crippen molar-refractivity contribution >= 4 is 55.9 Å². The highest BCUT2D eigenvalue weighted by molar-refractivity contribution is 6.12. The summed E-state index contributed by atoms with van der Waals surface area (Å²) in [5.74, 6) is 0.574. The fourth-order valence-corrected chi connectivity index (χ4v) is 9.02. The normalized spacial score (nSPS) is 10.9. The number of fused-ring (bicyclic) bond motifs is 3. The van der Waals surface area contributed by atoms with Gasteiger partial charge in [0.15, 0.2) is 5.82 Å². The first-order valence-corrected chi connectivity index (χ1v) is 22.4. The highest BCUT2D eigenvalue weighted by Crippen LogP contribution is 2.43. The van der Waals surface area contributed by atoms with Crippen molar-refractivity contribution in [1.82, 2.24) is 14.5 Å². The summed E-state index contributed by atoms with van der Waals surface area (Å²) in [6.07, 6.45) is 0. The standard InChI is InChI=1S/C61H38N8/c62-39-42-21-25-49(26-22-42)68(50-27-23-43(40-63)24-28-50)53-31-34-60-56(37-53)55-36-52(67(47-17-9-3-10-18-47)48-19-11-4-12-20-48)30-33-59(55)69(60)51-29-32-54(46(35-51)41-64)58-38-57(44-13-5-1-6-14-44)65-61(66-58)45-15-7-2-8-16-45/h1-38H. The zero-order chi connectivity index (χ0) is 46.7. The van der Waals surface area contributed by atoms with Crippen LogP contribution in [0.15, 0.2) is 231 Å². The Morgan fingerprint density at radius 2 is 0.797 bits per heavy atom. The summed E-state index contributed by atoms with van der Waals surface area (Å²) < 4.78 is 2.22. The maximum absolute atomic E-state index is 10.9. The lowest BCUT2D eigenvalue weighted by atomic mass is 10.0. The molecule has 8 heteroatoms. The van der Waals surface area contributed by atoms with Crippen molar-refractivity contribution < 1.29 is 0 Å². The lowest BCUT2D eigenvalue weighted by Crippen LogP contribution is -2.10. The van der Waals surface area contributed by atoms with E-state index in [9.17, 15) is 15.8 Å². The molecule has 0 saturated carbocycles. The molecule has 0 saturated heterocycles. The predicted molar refractivity (Wildman–Crippen MR) is 276 cm³/mol. The van der Waals surface area contributed by atoms with E-state index in [1.807, 2.05) is 164 Å². The Hall–Kier alpha value is -10.1. The second-order valence-corrected chi connectivity index (χ2v) is 16.4. The molecule has 0 atom stereocenters. The smallest absolute Gasteiger partial charge is 0.160 e. The van der Waals surface area contributed by atoms with Crippen LogP contribution < -0.4 is 9.80 Å². The summed E-state index contributed by atoms with van der Waals surface area (Å²) in [5, 5.41) is 32.3. The highest BCUT2D eigenvalue weighted by atomic mass is 15.1. The maximum Gasteiger partial charge on any atom is 0.160 e. The van der Waals surface area contributed by atoms with Crippen molar-refractivity contribution in [2.75, 3.05) is 9.80 Å². The molecular weight excluding hydrogens is 845 g/mol. The van der Waals surface area contributed by atoms with E-state index in [0.29, 0.717) is 33.8 Å². The zero-order valence-electron chi connectivity index (χ0n) is 37.0. The Morgan fingerprint density at radius 3 is 1.28 bits per heavy atom. The van der Waals surface area contributed by atoms with Crippen LogP contribution in [0.2, 0.25) is 0 Å². The predicted octanol–water partition coefficient (Wildman–Crippen LogP) is 15.1. The first-order chi connectivity index (χ1) is 34.1. The van der Waals surface area contributed by atoms with Crippen molar-refractivity contribution in [2.45, 2.75) is 0 Å². The molecule has 0 amide bonds. The molecule has 2 heterocycles. The van der Waals surface area contributed by atoms with Crippen LogP contribution >= 0.6 is 0 Å². The van der Waals surface area contributed by atoms with Gasteiger partial charge >= 0.3 is 0 Å². The molecule has 0 aliphatic rings. The van der Waals surface area contributed by atoms with Crippen molar-refractivity contribution in [1.29, 1.82) is 15.8 Å². The molecule has 0 aliphatic heterocycles. The van der Waals surface area contributed by atoms with Gasteiger partial charge in [-0.05, 0) is 133 Å². The van der Waals surface area contributed by atoms with Crippen LogP contribution in [0.5, 0.6) is 0 Å². The molecule has 322 valence electrons. The van der Waals surface area contributed by atoms with Crippen molar-refractivity contribution in [3.05, 3.63) is 247 Å². The minimum absolute atomic E-state index is 0.472. The van der Waals surface area contributed by atoms with Crippen LogP contribution in [0.25, 0.3) is 61.4 Å². The molecule has 0 spiro atoms. The van der Waals surface area contributed by atoms with Gasteiger partial charge in [0, 0.05) is 67.3 Å². The summed E-state index contributed by atoms with van der Waals surface area (Å²) in [4.78, 5) is 14.4. The Labute approximate surface area is 399 Å². The minimum Gasteiger partial charge on any atom is -0.310 e. The van der Waals surface area contributed by atoms with Gasteiger partial charge in [0.1, 0.15) is 0 Å². The van der Waals surface area contributed by atoms with Gasteiger partial charge in [0.25, 0.3) is 0 Å². The summed E-state index contributed by atoms with van der Waals surface area (Å²) in [5.41, 5.74) is 13.8. The summed E-state index contributed by atoms with van der Waals surface area (Å²) in [6.45, 7) is 0. The fourth-order valence-electron chi connectivity index (χ4n) is 9.02. The molecule has 8 nitrogen and oxygen atoms in total. The SMILES string of the molecule is N#Cc1ccc(N(c2ccc(C#N)cc2)c2ccc3c(c2)c2cc(N(c4ccccc4)c4ccccc4)ccc2n3-c2ccc(-c3cc(-c4ccccc4)nc(-c4ccccc4)n3)c(C#N)c2)cc1. The topological polar surface area (TPSA) is 109 Å². The maximum atomic E-state index is 10.9. The van der Waals surface area contributed by atoms with Crippen LogP contribution in [0.3, 0.4) is 0 Å². The number of aromatic nitrogens is 3. The van der Waals surface area contributed by atoms with Crippen molar-refractivity contribution in [3.8, 4) is 57.8 Å². The van der Waals surface area contributed by atoms with E-state index < -0.39 is 0 Å². The Bertz CT molecular complexity index is 3640. The number of para-hydroxylation sites is 2. The number of rotatable bonds is 10. The highest BCUT2D eigenvalue weighted by Gasteiger charge is 2.22. The van der Waals surface area contributed by atoms with Gasteiger partial charge in [-0.1, -0.05) is 97.1 Å². The molecule has 0 aliphatic carbocycles. The molecule has 69 heavy (non-hydrogen) atoms. The van der Waals surface area contributed by atoms with Crippen LogP contribution in [-0.4, -0.2) is 14.5 Å². The molecule has 0 radical (unpaired) electrons.